The third kappa shape index (κ3) is 2.04. The Bertz CT molecular complexity index is 519. The van der Waals surface area contributed by atoms with Crippen molar-refractivity contribution in [1.29, 1.82) is 0 Å². The highest BCUT2D eigenvalue weighted by Gasteiger charge is 2.09. The molecular weight excluding hydrogens is 220 g/mol. The Morgan fingerprint density at radius 2 is 2.00 bits per heavy atom. The summed E-state index contributed by atoms with van der Waals surface area (Å²) in [7, 11) is 1.95. The molecule has 84 valence electrons. The lowest BCUT2D eigenvalue weighted by Gasteiger charge is -2.05. The molecule has 16 heavy (non-hydrogen) atoms. The lowest BCUT2D eigenvalue weighted by Crippen LogP contribution is -1.95. The van der Waals surface area contributed by atoms with Gasteiger partial charge in [-0.3, -0.25) is 0 Å². The van der Waals surface area contributed by atoms with Crippen LogP contribution in [0.1, 0.15) is 11.4 Å². The van der Waals surface area contributed by atoms with Gasteiger partial charge in [0.1, 0.15) is 5.82 Å². The molecule has 0 saturated heterocycles. The number of aromatic nitrogens is 3. The number of rotatable bonds is 2. The number of nitrogen functional groups attached to an aromatic ring is 1. The average Bonchev–Trinajstić information content (AvgIpc) is 2.55. The monoisotopic (exact) mass is 234 g/mol. The Kier molecular flexibility index (Phi) is 2.87. The summed E-state index contributed by atoms with van der Waals surface area (Å²) in [6.07, 6.45) is 0. The molecule has 0 amide bonds. The van der Waals surface area contributed by atoms with E-state index in [9.17, 15) is 0 Å². The van der Waals surface area contributed by atoms with Crippen molar-refractivity contribution < 1.29 is 0 Å². The number of nitrogens with zero attached hydrogens (tertiary/aromatic N) is 3. The standard InChI is InChI=1S/C11H14N4S/c1-7-4-5-9(12)10(6-7)16-11-14-13-8(2)15(11)3/h4-6H,12H2,1-3H3. The molecule has 0 radical (unpaired) electrons. The summed E-state index contributed by atoms with van der Waals surface area (Å²) in [5.41, 5.74) is 7.88. The highest BCUT2D eigenvalue weighted by atomic mass is 32.2. The number of anilines is 1. The Morgan fingerprint density at radius 1 is 1.25 bits per heavy atom. The number of nitrogens with two attached hydrogens (primary N) is 1. The second-order valence-corrected chi connectivity index (χ2v) is 4.74. The first-order chi connectivity index (χ1) is 7.58. The number of aryl methyl sites for hydroxylation is 2. The molecule has 1 aromatic heterocycles. The van der Waals surface area contributed by atoms with Crippen LogP contribution in [0.15, 0.2) is 28.3 Å². The number of hydrogen-bond donors (Lipinski definition) is 1. The van der Waals surface area contributed by atoms with Gasteiger partial charge in [-0.05, 0) is 43.3 Å². The number of hydrogen-bond acceptors (Lipinski definition) is 4. The van der Waals surface area contributed by atoms with Gasteiger partial charge in [0, 0.05) is 17.6 Å². The van der Waals surface area contributed by atoms with E-state index in [1.54, 1.807) is 11.8 Å². The molecule has 1 heterocycles. The summed E-state index contributed by atoms with van der Waals surface area (Å²) in [6, 6.07) is 5.98. The SMILES string of the molecule is Cc1ccc(N)c(Sc2nnc(C)n2C)c1. The lowest BCUT2D eigenvalue weighted by atomic mass is 10.2. The van der Waals surface area contributed by atoms with Crippen LogP contribution in [0.5, 0.6) is 0 Å². The molecule has 0 saturated carbocycles. The molecule has 0 spiro atoms. The van der Waals surface area contributed by atoms with Gasteiger partial charge < -0.3 is 10.3 Å². The summed E-state index contributed by atoms with van der Waals surface area (Å²) >= 11 is 1.54. The quantitative estimate of drug-likeness (QED) is 0.809. The zero-order valence-corrected chi connectivity index (χ0v) is 10.4. The molecule has 1 aromatic carbocycles. The van der Waals surface area contributed by atoms with Gasteiger partial charge in [0.15, 0.2) is 5.16 Å². The normalized spacial score (nSPS) is 10.7. The fourth-order valence-electron chi connectivity index (χ4n) is 1.30. The molecular formula is C11H14N4S. The first-order valence-corrected chi connectivity index (χ1v) is 5.79. The van der Waals surface area contributed by atoms with E-state index in [-0.39, 0.29) is 0 Å². The topological polar surface area (TPSA) is 56.7 Å². The fourth-order valence-corrected chi connectivity index (χ4v) is 2.28. The largest absolute Gasteiger partial charge is 0.398 e. The third-order valence-corrected chi connectivity index (χ3v) is 3.53. The van der Waals surface area contributed by atoms with Crippen LogP contribution < -0.4 is 5.73 Å². The van der Waals surface area contributed by atoms with Crippen LogP contribution in [-0.4, -0.2) is 14.8 Å². The second-order valence-electron chi connectivity index (χ2n) is 3.73. The molecule has 0 aliphatic carbocycles. The van der Waals surface area contributed by atoms with Gasteiger partial charge in [0.2, 0.25) is 0 Å². The zero-order chi connectivity index (χ0) is 11.7. The minimum absolute atomic E-state index is 0.774. The Hall–Kier alpha value is -1.49. The van der Waals surface area contributed by atoms with E-state index in [1.165, 1.54) is 5.56 Å². The van der Waals surface area contributed by atoms with Gasteiger partial charge in [-0.1, -0.05) is 6.07 Å². The molecule has 0 bridgehead atoms. The van der Waals surface area contributed by atoms with E-state index < -0.39 is 0 Å². The van der Waals surface area contributed by atoms with Gasteiger partial charge in [-0.25, -0.2) is 0 Å². The maximum absolute atomic E-state index is 5.92. The molecule has 0 fully saturated rings. The second kappa shape index (κ2) is 4.17. The third-order valence-electron chi connectivity index (χ3n) is 2.42. The van der Waals surface area contributed by atoms with Crippen LogP contribution in [0, 0.1) is 13.8 Å². The highest BCUT2D eigenvalue weighted by Crippen LogP contribution is 2.31. The maximum Gasteiger partial charge on any atom is 0.195 e. The molecule has 2 rings (SSSR count). The highest BCUT2D eigenvalue weighted by molar-refractivity contribution is 7.99. The van der Waals surface area contributed by atoms with Gasteiger partial charge in [0.05, 0.1) is 0 Å². The molecule has 2 aromatic rings. The molecule has 0 atom stereocenters. The van der Waals surface area contributed by atoms with E-state index in [0.29, 0.717) is 0 Å². The van der Waals surface area contributed by atoms with Crippen LogP contribution in [0.3, 0.4) is 0 Å². The van der Waals surface area contributed by atoms with Crippen LogP contribution in [0.4, 0.5) is 5.69 Å². The van der Waals surface area contributed by atoms with Crippen molar-refractivity contribution in [3.05, 3.63) is 29.6 Å². The summed E-state index contributed by atoms with van der Waals surface area (Å²) in [5.74, 6) is 0.897. The average molecular weight is 234 g/mol. The predicted octanol–water partition coefficient (Wildman–Crippen LogP) is 2.17. The van der Waals surface area contributed by atoms with E-state index in [2.05, 4.69) is 16.3 Å². The van der Waals surface area contributed by atoms with Crippen molar-refractivity contribution >= 4 is 17.4 Å². The Balaban J connectivity index is 2.33. The van der Waals surface area contributed by atoms with Gasteiger partial charge in [-0.15, -0.1) is 10.2 Å². The first kappa shape index (κ1) is 11.0. The van der Waals surface area contributed by atoms with Crippen LogP contribution >= 0.6 is 11.8 Å². The summed E-state index contributed by atoms with van der Waals surface area (Å²) in [4.78, 5) is 1.02. The van der Waals surface area contributed by atoms with Gasteiger partial charge in [-0.2, -0.15) is 0 Å². The zero-order valence-electron chi connectivity index (χ0n) is 9.56. The smallest absolute Gasteiger partial charge is 0.195 e. The van der Waals surface area contributed by atoms with Crippen molar-refractivity contribution in [3.8, 4) is 0 Å². The van der Waals surface area contributed by atoms with Crippen molar-refractivity contribution in [2.75, 3.05) is 5.73 Å². The van der Waals surface area contributed by atoms with E-state index in [4.69, 9.17) is 5.73 Å². The summed E-state index contributed by atoms with van der Waals surface area (Å²) in [5, 5.41) is 8.97. The number of benzene rings is 1. The van der Waals surface area contributed by atoms with Crippen molar-refractivity contribution in [1.82, 2.24) is 14.8 Å². The maximum atomic E-state index is 5.92. The Morgan fingerprint density at radius 3 is 2.62 bits per heavy atom. The van der Waals surface area contributed by atoms with E-state index in [1.807, 2.05) is 37.6 Å². The van der Waals surface area contributed by atoms with E-state index >= 15 is 0 Å². The minimum atomic E-state index is 0.774. The van der Waals surface area contributed by atoms with Crippen molar-refractivity contribution in [3.63, 3.8) is 0 Å². The first-order valence-electron chi connectivity index (χ1n) is 4.98. The fraction of sp³-hybridized carbons (Fsp3) is 0.273. The van der Waals surface area contributed by atoms with Crippen molar-refractivity contribution in [2.45, 2.75) is 23.9 Å². The molecule has 0 unspecified atom stereocenters. The van der Waals surface area contributed by atoms with Gasteiger partial charge >= 0.3 is 0 Å². The van der Waals surface area contributed by atoms with Gasteiger partial charge in [0.25, 0.3) is 0 Å². The molecule has 2 N–H and O–H groups in total. The summed E-state index contributed by atoms with van der Waals surface area (Å²) in [6.45, 7) is 3.97. The van der Waals surface area contributed by atoms with Crippen LogP contribution in [0.2, 0.25) is 0 Å². The minimum Gasteiger partial charge on any atom is -0.398 e. The molecule has 5 heteroatoms. The summed E-state index contributed by atoms with van der Waals surface area (Å²) < 4.78 is 1.95. The molecule has 4 nitrogen and oxygen atoms in total. The predicted molar refractivity (Wildman–Crippen MR) is 65.5 cm³/mol. The Labute approximate surface area is 98.9 Å². The lowest BCUT2D eigenvalue weighted by molar-refractivity contribution is 0.766. The van der Waals surface area contributed by atoms with Crippen LogP contribution in [-0.2, 0) is 7.05 Å². The molecule has 0 aliphatic rings. The molecule has 0 aliphatic heterocycles. The van der Waals surface area contributed by atoms with Crippen molar-refractivity contribution in [2.24, 2.45) is 7.05 Å². The van der Waals surface area contributed by atoms with E-state index in [0.717, 1.165) is 21.6 Å². The van der Waals surface area contributed by atoms with Crippen LogP contribution in [0.25, 0.3) is 0 Å².